The molecule has 2 aliphatic heterocycles. The van der Waals surface area contributed by atoms with Crippen LogP contribution in [0, 0.1) is 0 Å². The van der Waals surface area contributed by atoms with Crippen LogP contribution in [0.5, 0.6) is 0 Å². The lowest BCUT2D eigenvalue weighted by Crippen LogP contribution is -2.55. The van der Waals surface area contributed by atoms with Crippen molar-refractivity contribution in [1.29, 1.82) is 0 Å². The summed E-state index contributed by atoms with van der Waals surface area (Å²) in [5, 5.41) is 3.32. The van der Waals surface area contributed by atoms with E-state index in [4.69, 9.17) is 4.74 Å². The predicted octanol–water partition coefficient (Wildman–Crippen LogP) is 2.33. The van der Waals surface area contributed by atoms with Crippen LogP contribution >= 0.6 is 24.8 Å². The van der Waals surface area contributed by atoms with Crippen molar-refractivity contribution < 1.29 is 9.53 Å². The number of ether oxygens (including phenoxy) is 1. The zero-order chi connectivity index (χ0) is 16.8. The molecule has 2 heterocycles. The quantitative estimate of drug-likeness (QED) is 0.837. The lowest BCUT2D eigenvalue weighted by atomic mass is 9.90. The third-order valence-electron chi connectivity index (χ3n) is 5.32. The maximum absolute atomic E-state index is 13.1. The molecule has 5 nitrogen and oxygen atoms in total. The number of hydrogen-bond donors (Lipinski definition) is 1. The second-order valence-electron chi connectivity index (χ2n) is 6.86. The van der Waals surface area contributed by atoms with Crippen LogP contribution in [0.2, 0.25) is 0 Å². The third-order valence-corrected chi connectivity index (χ3v) is 5.32. The van der Waals surface area contributed by atoms with Crippen LogP contribution < -0.4 is 5.32 Å². The van der Waals surface area contributed by atoms with Crippen LogP contribution in [-0.2, 0) is 16.1 Å². The number of nitrogens with zero attached hydrogens (tertiary/aromatic N) is 2. The van der Waals surface area contributed by atoms with Crippen molar-refractivity contribution in [3.05, 3.63) is 35.9 Å². The molecule has 0 unspecified atom stereocenters. The molecule has 0 bridgehead atoms. The van der Waals surface area contributed by atoms with E-state index in [1.54, 1.807) is 7.11 Å². The number of halogens is 2. The van der Waals surface area contributed by atoms with Gasteiger partial charge < -0.3 is 15.0 Å². The van der Waals surface area contributed by atoms with Crippen LogP contribution in [-0.4, -0.2) is 67.7 Å². The number of nitrogens with one attached hydrogen (secondary N) is 1. The number of benzene rings is 1. The number of carbonyl (C=O) groups excluding carboxylic acids is 1. The zero-order valence-corrected chi connectivity index (χ0v) is 17.1. The molecule has 3 rings (SSSR count). The number of rotatable bonds is 4. The molecular formula is C19H31Cl2N3O2. The fourth-order valence-electron chi connectivity index (χ4n) is 3.80. The second-order valence-corrected chi connectivity index (χ2v) is 6.86. The number of methoxy groups -OCH3 is 1. The van der Waals surface area contributed by atoms with Crippen LogP contribution in [0.4, 0.5) is 0 Å². The van der Waals surface area contributed by atoms with Gasteiger partial charge in [0.25, 0.3) is 5.91 Å². The highest BCUT2D eigenvalue weighted by Crippen LogP contribution is 2.26. The van der Waals surface area contributed by atoms with Crippen molar-refractivity contribution in [2.24, 2.45) is 0 Å². The van der Waals surface area contributed by atoms with Gasteiger partial charge in [-0.15, -0.1) is 24.8 Å². The molecule has 1 aromatic rings. The summed E-state index contributed by atoms with van der Waals surface area (Å²) in [7, 11) is 1.68. The predicted molar refractivity (Wildman–Crippen MR) is 109 cm³/mol. The van der Waals surface area contributed by atoms with E-state index in [2.05, 4.69) is 40.5 Å². The van der Waals surface area contributed by atoms with E-state index < -0.39 is 5.60 Å². The van der Waals surface area contributed by atoms with E-state index in [9.17, 15) is 4.79 Å². The first-order chi connectivity index (χ1) is 11.7. The number of amides is 1. The summed E-state index contributed by atoms with van der Waals surface area (Å²) in [5.41, 5.74) is 0.726. The topological polar surface area (TPSA) is 44.8 Å². The van der Waals surface area contributed by atoms with E-state index in [-0.39, 0.29) is 30.7 Å². The maximum atomic E-state index is 13.1. The summed E-state index contributed by atoms with van der Waals surface area (Å²) < 4.78 is 5.71. The number of hydrogen-bond acceptors (Lipinski definition) is 4. The zero-order valence-electron chi connectivity index (χ0n) is 15.5. The Morgan fingerprint density at radius 1 is 1.08 bits per heavy atom. The third kappa shape index (κ3) is 5.57. The molecule has 0 spiro atoms. The Morgan fingerprint density at radius 2 is 1.77 bits per heavy atom. The summed E-state index contributed by atoms with van der Waals surface area (Å²) in [5.74, 6) is 0.188. The Labute approximate surface area is 169 Å². The van der Waals surface area contributed by atoms with Gasteiger partial charge in [0.2, 0.25) is 0 Å². The van der Waals surface area contributed by atoms with Gasteiger partial charge in [0.15, 0.2) is 0 Å². The molecule has 2 aliphatic rings. The van der Waals surface area contributed by atoms with Gasteiger partial charge in [-0.3, -0.25) is 9.69 Å². The number of piperidine rings is 1. The molecule has 7 heteroatoms. The van der Waals surface area contributed by atoms with Gasteiger partial charge in [-0.25, -0.2) is 0 Å². The first kappa shape index (κ1) is 23.2. The van der Waals surface area contributed by atoms with Crippen molar-refractivity contribution in [3.8, 4) is 0 Å². The molecule has 1 aromatic carbocycles. The van der Waals surface area contributed by atoms with Crippen molar-refractivity contribution in [2.75, 3.05) is 46.4 Å². The Balaban J connectivity index is 0.00000169. The average molecular weight is 404 g/mol. The Hall–Kier alpha value is -0.850. The van der Waals surface area contributed by atoms with E-state index in [0.29, 0.717) is 0 Å². The summed E-state index contributed by atoms with van der Waals surface area (Å²) in [6.45, 7) is 6.27. The number of carbonyl (C=O) groups is 1. The minimum Gasteiger partial charge on any atom is -0.368 e. The lowest BCUT2D eigenvalue weighted by molar-refractivity contribution is -0.158. The maximum Gasteiger partial charge on any atom is 0.254 e. The highest BCUT2D eigenvalue weighted by Gasteiger charge is 2.42. The van der Waals surface area contributed by atoms with Crippen LogP contribution in [0.3, 0.4) is 0 Å². The molecule has 1 amide bonds. The van der Waals surface area contributed by atoms with Gasteiger partial charge in [-0.2, -0.15) is 0 Å². The first-order valence-corrected chi connectivity index (χ1v) is 9.05. The van der Waals surface area contributed by atoms with Gasteiger partial charge in [0, 0.05) is 39.8 Å². The Morgan fingerprint density at radius 3 is 2.42 bits per heavy atom. The molecule has 0 atom stereocenters. The van der Waals surface area contributed by atoms with Gasteiger partial charge in [0.1, 0.15) is 5.60 Å². The lowest BCUT2D eigenvalue weighted by Gasteiger charge is -2.38. The fourth-order valence-corrected chi connectivity index (χ4v) is 3.80. The fraction of sp³-hybridized carbons (Fsp3) is 0.632. The Kier molecular flexibility index (Phi) is 9.90. The van der Waals surface area contributed by atoms with Gasteiger partial charge in [-0.05, 0) is 37.9 Å². The smallest absolute Gasteiger partial charge is 0.254 e. The van der Waals surface area contributed by atoms with Crippen LogP contribution in [0.1, 0.15) is 24.8 Å². The summed E-state index contributed by atoms with van der Waals surface area (Å²) in [4.78, 5) is 17.6. The van der Waals surface area contributed by atoms with Crippen molar-refractivity contribution in [2.45, 2.75) is 31.4 Å². The SMILES string of the molecule is COC1(C(=O)N2CCCN(Cc3ccccc3)CC2)CCNCC1.Cl.Cl. The van der Waals surface area contributed by atoms with Gasteiger partial charge in [-0.1, -0.05) is 30.3 Å². The van der Waals surface area contributed by atoms with Gasteiger partial charge in [0.05, 0.1) is 0 Å². The largest absolute Gasteiger partial charge is 0.368 e. The normalized spacial score (nSPS) is 20.4. The molecule has 148 valence electrons. The molecule has 0 radical (unpaired) electrons. The monoisotopic (exact) mass is 403 g/mol. The highest BCUT2D eigenvalue weighted by molar-refractivity contribution is 5.86. The summed E-state index contributed by atoms with van der Waals surface area (Å²) in [6, 6.07) is 10.6. The van der Waals surface area contributed by atoms with E-state index in [0.717, 1.165) is 65.1 Å². The molecule has 26 heavy (non-hydrogen) atoms. The minimum atomic E-state index is -0.611. The molecule has 0 saturated carbocycles. The average Bonchev–Trinajstić information content (AvgIpc) is 2.88. The molecular weight excluding hydrogens is 373 g/mol. The molecule has 1 N–H and O–H groups in total. The molecule has 2 fully saturated rings. The Bertz CT molecular complexity index is 539. The van der Waals surface area contributed by atoms with E-state index in [1.807, 2.05) is 4.90 Å². The standard InChI is InChI=1S/C19H29N3O2.2ClH/c1-24-19(8-10-20-11-9-19)18(23)22-13-5-12-21(14-15-22)16-17-6-3-2-4-7-17;;/h2-4,6-7,20H,5,8-16H2,1H3;2*1H. The minimum absolute atomic E-state index is 0. The summed E-state index contributed by atoms with van der Waals surface area (Å²) >= 11 is 0. The molecule has 2 saturated heterocycles. The highest BCUT2D eigenvalue weighted by atomic mass is 35.5. The van der Waals surface area contributed by atoms with Crippen molar-refractivity contribution in [1.82, 2.24) is 15.1 Å². The van der Waals surface area contributed by atoms with Crippen LogP contribution in [0.15, 0.2) is 30.3 Å². The summed E-state index contributed by atoms with van der Waals surface area (Å²) in [6.07, 6.45) is 2.57. The second kappa shape index (κ2) is 11.1. The van der Waals surface area contributed by atoms with E-state index >= 15 is 0 Å². The van der Waals surface area contributed by atoms with Crippen molar-refractivity contribution in [3.63, 3.8) is 0 Å². The van der Waals surface area contributed by atoms with Crippen LogP contribution in [0.25, 0.3) is 0 Å². The van der Waals surface area contributed by atoms with Gasteiger partial charge >= 0.3 is 0 Å². The van der Waals surface area contributed by atoms with E-state index in [1.165, 1.54) is 5.56 Å². The molecule has 0 aromatic heterocycles. The first-order valence-electron chi connectivity index (χ1n) is 9.05. The molecule has 0 aliphatic carbocycles. The van der Waals surface area contributed by atoms with Crippen molar-refractivity contribution >= 4 is 30.7 Å².